The second kappa shape index (κ2) is 13.8. The van der Waals surface area contributed by atoms with Crippen LogP contribution in [-0.2, 0) is 20.9 Å². The fourth-order valence-electron chi connectivity index (χ4n) is 5.04. The number of alkyl halides is 2. The van der Waals surface area contributed by atoms with Crippen molar-refractivity contribution in [2.24, 2.45) is 0 Å². The Bertz CT molecular complexity index is 1500. The highest BCUT2D eigenvalue weighted by atomic mass is 19.3. The van der Waals surface area contributed by atoms with E-state index >= 15 is 0 Å². The average molecular weight is 578 g/mol. The number of halogens is 2. The lowest BCUT2D eigenvalue weighted by Crippen LogP contribution is -2.31. The first kappa shape index (κ1) is 30.3. The molecule has 7 nitrogen and oxygen atoms in total. The van der Waals surface area contributed by atoms with Gasteiger partial charge in [0.1, 0.15) is 23.9 Å². The van der Waals surface area contributed by atoms with Crippen LogP contribution in [0.5, 0.6) is 17.2 Å². The van der Waals surface area contributed by atoms with Crippen LogP contribution in [0, 0.1) is 6.92 Å². The van der Waals surface area contributed by atoms with Gasteiger partial charge in [-0.3, -0.25) is 4.79 Å². The van der Waals surface area contributed by atoms with Gasteiger partial charge in [-0.15, -0.1) is 0 Å². The normalized spacial score (nSPS) is 16.2. The largest absolute Gasteiger partial charge is 0.508 e. The second-order valence-corrected chi connectivity index (χ2v) is 10.0. The summed E-state index contributed by atoms with van der Waals surface area (Å²) in [5.41, 5.74) is 4.71. The summed E-state index contributed by atoms with van der Waals surface area (Å²) in [6.45, 7) is 0.492. The van der Waals surface area contributed by atoms with Gasteiger partial charge in [-0.2, -0.15) is 8.78 Å². The van der Waals surface area contributed by atoms with Crippen molar-refractivity contribution in [2.45, 2.75) is 52.2 Å². The molecule has 0 aromatic heterocycles. The van der Waals surface area contributed by atoms with Crippen molar-refractivity contribution in [2.75, 3.05) is 7.11 Å². The van der Waals surface area contributed by atoms with Crippen molar-refractivity contribution in [3.63, 3.8) is 0 Å². The summed E-state index contributed by atoms with van der Waals surface area (Å²) in [5, 5.41) is 12.0. The first-order valence-corrected chi connectivity index (χ1v) is 13.5. The number of hydrogen-bond donors (Lipinski definition) is 2. The van der Waals surface area contributed by atoms with Crippen molar-refractivity contribution in [3.8, 4) is 17.2 Å². The van der Waals surface area contributed by atoms with Crippen molar-refractivity contribution in [1.82, 2.24) is 5.32 Å². The number of phenols is 1. The molecular weight excluding hydrogens is 544 g/mol. The molecule has 42 heavy (non-hydrogen) atoms. The highest BCUT2D eigenvalue weighted by molar-refractivity contribution is 6.01. The zero-order valence-corrected chi connectivity index (χ0v) is 23.7. The minimum absolute atomic E-state index is 0.0254. The molecule has 1 aliphatic carbocycles. The molecule has 0 unspecified atom stereocenters. The van der Waals surface area contributed by atoms with Crippen LogP contribution in [0.15, 0.2) is 95.3 Å². The van der Waals surface area contributed by atoms with Gasteiger partial charge in [0.15, 0.2) is 5.78 Å². The third-order valence-corrected chi connectivity index (χ3v) is 7.10. The fraction of sp³-hybridized carbons (Fsp3) is 0.273. The standard InChI is InChI=1S/C26H25F2NO5.C7H8O/c1-15-19(25(31)33-14-16-7-3-5-9-23(16)34-26(27)28)13-20-21(29-15)11-17(12-22(20)30)18-8-4-6-10-24(18)32-2;1-6-3-2-4-7(8)5-6/h3-10,17,26,29H,11-14H2,1-2H3;2-5,8H,1H3/t17-;/m1./s1. The van der Waals surface area contributed by atoms with Crippen LogP contribution in [0.3, 0.4) is 0 Å². The van der Waals surface area contributed by atoms with Crippen LogP contribution in [0.1, 0.15) is 48.8 Å². The third kappa shape index (κ3) is 7.54. The Morgan fingerprint density at radius 3 is 2.38 bits per heavy atom. The number of carbonyl (C=O) groups excluding carboxylic acids is 2. The number of carbonyl (C=O) groups is 2. The Balaban J connectivity index is 0.000000437. The van der Waals surface area contributed by atoms with E-state index in [0.29, 0.717) is 41.0 Å². The minimum Gasteiger partial charge on any atom is -0.508 e. The molecule has 0 radical (unpaired) electrons. The summed E-state index contributed by atoms with van der Waals surface area (Å²) in [5.74, 6) is 0.370. The zero-order valence-electron chi connectivity index (χ0n) is 23.7. The Hall–Kier alpha value is -4.66. The number of phenolic OH excluding ortho intramolecular Hbond substituents is 1. The van der Waals surface area contributed by atoms with Gasteiger partial charge in [0.05, 0.1) is 12.7 Å². The van der Waals surface area contributed by atoms with Crippen LogP contribution < -0.4 is 14.8 Å². The van der Waals surface area contributed by atoms with Crippen molar-refractivity contribution < 1.29 is 37.7 Å². The van der Waals surface area contributed by atoms with Gasteiger partial charge in [-0.25, -0.2) is 4.79 Å². The number of para-hydroxylation sites is 2. The molecule has 1 aliphatic heterocycles. The number of methoxy groups -OCH3 is 1. The molecule has 3 aromatic rings. The Morgan fingerprint density at radius 1 is 1.00 bits per heavy atom. The van der Waals surface area contributed by atoms with Crippen LogP contribution in [0.4, 0.5) is 8.78 Å². The number of ketones is 1. The molecule has 2 N–H and O–H groups in total. The van der Waals surface area contributed by atoms with Gasteiger partial charge in [0.25, 0.3) is 0 Å². The molecule has 0 fully saturated rings. The van der Waals surface area contributed by atoms with Gasteiger partial charge in [-0.05, 0) is 55.7 Å². The van der Waals surface area contributed by atoms with Crippen molar-refractivity contribution in [1.29, 1.82) is 0 Å². The molecule has 0 saturated heterocycles. The van der Waals surface area contributed by atoms with Crippen LogP contribution in [0.2, 0.25) is 0 Å². The number of hydrogen-bond acceptors (Lipinski definition) is 7. The molecule has 9 heteroatoms. The molecule has 0 spiro atoms. The molecule has 3 aromatic carbocycles. The van der Waals surface area contributed by atoms with E-state index in [2.05, 4.69) is 10.1 Å². The summed E-state index contributed by atoms with van der Waals surface area (Å²) in [6, 6.07) is 20.9. The molecular formula is C33H33F2NO6. The fourth-order valence-corrected chi connectivity index (χ4v) is 5.04. The van der Waals surface area contributed by atoms with Crippen molar-refractivity contribution in [3.05, 3.63) is 112 Å². The summed E-state index contributed by atoms with van der Waals surface area (Å²) in [7, 11) is 1.61. The van der Waals surface area contributed by atoms with E-state index in [4.69, 9.17) is 14.6 Å². The number of aryl methyl sites for hydroxylation is 1. The molecule has 1 atom stereocenters. The molecule has 5 rings (SSSR count). The Kier molecular flexibility index (Phi) is 9.96. The Morgan fingerprint density at radius 2 is 1.71 bits per heavy atom. The van der Waals surface area contributed by atoms with E-state index in [1.54, 1.807) is 44.4 Å². The third-order valence-electron chi connectivity index (χ3n) is 7.10. The monoisotopic (exact) mass is 577 g/mol. The molecule has 0 amide bonds. The number of ether oxygens (including phenoxy) is 3. The second-order valence-electron chi connectivity index (χ2n) is 10.0. The van der Waals surface area contributed by atoms with Crippen LogP contribution >= 0.6 is 0 Å². The number of allylic oxidation sites excluding steroid dienone is 3. The lowest BCUT2D eigenvalue weighted by Gasteiger charge is -2.32. The number of aromatic hydroxyl groups is 1. The number of benzene rings is 3. The molecule has 1 heterocycles. The van der Waals surface area contributed by atoms with E-state index in [1.807, 2.05) is 43.3 Å². The van der Waals surface area contributed by atoms with Gasteiger partial charge in [-0.1, -0.05) is 48.5 Å². The van der Waals surface area contributed by atoms with Gasteiger partial charge in [0.2, 0.25) is 0 Å². The molecule has 220 valence electrons. The van der Waals surface area contributed by atoms with E-state index < -0.39 is 12.6 Å². The average Bonchev–Trinajstić information content (AvgIpc) is 2.96. The topological polar surface area (TPSA) is 94.1 Å². The van der Waals surface area contributed by atoms with Crippen molar-refractivity contribution >= 4 is 11.8 Å². The maximum atomic E-state index is 13.0. The summed E-state index contributed by atoms with van der Waals surface area (Å²) in [6.07, 6.45) is 1.11. The van der Waals surface area contributed by atoms with E-state index in [9.17, 15) is 18.4 Å². The van der Waals surface area contributed by atoms with Crippen LogP contribution in [0.25, 0.3) is 0 Å². The molecule has 0 saturated carbocycles. The summed E-state index contributed by atoms with van der Waals surface area (Å²) < 4.78 is 40.6. The number of Topliss-reactive ketones (excluding diaryl/α,β-unsaturated/α-hetero) is 1. The number of dihydropyridines is 1. The highest BCUT2D eigenvalue weighted by Crippen LogP contribution is 2.41. The van der Waals surface area contributed by atoms with Gasteiger partial charge in [0, 0.05) is 41.3 Å². The van der Waals surface area contributed by atoms with Gasteiger partial charge < -0.3 is 24.6 Å². The summed E-state index contributed by atoms with van der Waals surface area (Å²) in [4.78, 5) is 25.8. The lowest BCUT2D eigenvalue weighted by molar-refractivity contribution is -0.140. The quantitative estimate of drug-likeness (QED) is 0.302. The number of nitrogens with one attached hydrogen (secondary N) is 1. The Labute approximate surface area is 243 Å². The van der Waals surface area contributed by atoms with E-state index in [-0.39, 0.29) is 30.5 Å². The zero-order chi connectivity index (χ0) is 30.2. The summed E-state index contributed by atoms with van der Waals surface area (Å²) >= 11 is 0. The van der Waals surface area contributed by atoms with Crippen LogP contribution in [-0.4, -0.2) is 30.6 Å². The van der Waals surface area contributed by atoms with E-state index in [1.165, 1.54) is 6.07 Å². The lowest BCUT2D eigenvalue weighted by atomic mass is 9.78. The predicted octanol–water partition coefficient (Wildman–Crippen LogP) is 6.71. The maximum Gasteiger partial charge on any atom is 0.387 e. The molecule has 0 bridgehead atoms. The van der Waals surface area contributed by atoms with E-state index in [0.717, 1.165) is 22.6 Å². The predicted molar refractivity (Wildman–Crippen MR) is 153 cm³/mol. The van der Waals surface area contributed by atoms with Gasteiger partial charge >= 0.3 is 12.6 Å². The number of rotatable bonds is 7. The highest BCUT2D eigenvalue weighted by Gasteiger charge is 2.34. The smallest absolute Gasteiger partial charge is 0.387 e. The minimum atomic E-state index is -2.98. The maximum absolute atomic E-state index is 13.0. The SMILES string of the molecule is COc1ccccc1[C@H]1CC(=O)C2=C(C1)NC(C)=C(C(=O)OCc1ccccc1OC(F)F)C2.Cc1cccc(O)c1. The number of esters is 1. The first-order chi connectivity index (χ1) is 20.2. The first-order valence-electron chi connectivity index (χ1n) is 13.5. The molecule has 2 aliphatic rings.